The van der Waals surface area contributed by atoms with E-state index in [1.807, 2.05) is 19.9 Å². The van der Waals surface area contributed by atoms with Gasteiger partial charge in [-0.2, -0.15) is 0 Å². The highest BCUT2D eigenvalue weighted by atomic mass is 16.5. The number of benzene rings is 1. The Labute approximate surface area is 114 Å². The van der Waals surface area contributed by atoms with Crippen LogP contribution in [-0.2, 0) is 11.3 Å². The third-order valence-electron chi connectivity index (χ3n) is 3.11. The van der Waals surface area contributed by atoms with E-state index >= 15 is 0 Å². The van der Waals surface area contributed by atoms with Crippen LogP contribution in [0.25, 0.3) is 0 Å². The summed E-state index contributed by atoms with van der Waals surface area (Å²) in [6.45, 7) is 7.41. The van der Waals surface area contributed by atoms with Gasteiger partial charge in [0.05, 0.1) is 7.11 Å². The fourth-order valence-corrected chi connectivity index (χ4v) is 2.18. The summed E-state index contributed by atoms with van der Waals surface area (Å²) >= 11 is 0. The zero-order valence-corrected chi connectivity index (χ0v) is 12.1. The van der Waals surface area contributed by atoms with Crippen LogP contribution in [0, 0.1) is 19.8 Å². The number of aliphatic carboxylic acids is 1. The van der Waals surface area contributed by atoms with Crippen molar-refractivity contribution in [3.63, 3.8) is 0 Å². The van der Waals surface area contributed by atoms with Gasteiger partial charge in [-0.15, -0.1) is 0 Å². The smallest absolute Gasteiger partial charge is 0.303 e. The Bertz CT molecular complexity index is 443. The normalized spacial score (nSPS) is 12.2. The fourth-order valence-electron chi connectivity index (χ4n) is 2.18. The third-order valence-corrected chi connectivity index (χ3v) is 3.11. The molecule has 0 radical (unpaired) electrons. The molecule has 0 fully saturated rings. The number of hydrogen-bond donors (Lipinski definition) is 2. The maximum Gasteiger partial charge on any atom is 0.303 e. The van der Waals surface area contributed by atoms with E-state index in [0.717, 1.165) is 11.3 Å². The van der Waals surface area contributed by atoms with Crippen molar-refractivity contribution in [3.05, 3.63) is 28.8 Å². The van der Waals surface area contributed by atoms with Crippen LogP contribution < -0.4 is 10.1 Å². The third kappa shape index (κ3) is 4.91. The summed E-state index contributed by atoms with van der Waals surface area (Å²) in [4.78, 5) is 10.6. The van der Waals surface area contributed by atoms with Crippen LogP contribution in [0.1, 0.15) is 30.0 Å². The Balaban J connectivity index is 2.60. The summed E-state index contributed by atoms with van der Waals surface area (Å²) < 4.78 is 5.39. The van der Waals surface area contributed by atoms with Crippen LogP contribution in [0.4, 0.5) is 0 Å². The Morgan fingerprint density at radius 2 is 2.11 bits per heavy atom. The molecule has 1 aromatic rings. The summed E-state index contributed by atoms with van der Waals surface area (Å²) in [5.74, 6) is 0.253. The van der Waals surface area contributed by atoms with Crippen LogP contribution >= 0.6 is 0 Å². The van der Waals surface area contributed by atoms with Crippen LogP contribution in [0.15, 0.2) is 12.1 Å². The van der Waals surface area contributed by atoms with Gasteiger partial charge >= 0.3 is 5.97 Å². The predicted molar refractivity (Wildman–Crippen MR) is 75.6 cm³/mol. The summed E-state index contributed by atoms with van der Waals surface area (Å²) in [6, 6.07) is 4.14. The van der Waals surface area contributed by atoms with Gasteiger partial charge in [-0.25, -0.2) is 0 Å². The highest BCUT2D eigenvalue weighted by Crippen LogP contribution is 2.23. The molecule has 1 aromatic carbocycles. The van der Waals surface area contributed by atoms with Gasteiger partial charge in [0, 0.05) is 18.5 Å². The van der Waals surface area contributed by atoms with Gasteiger partial charge in [0.2, 0.25) is 0 Å². The van der Waals surface area contributed by atoms with Gasteiger partial charge in [-0.1, -0.05) is 13.0 Å². The number of carboxylic acids is 1. The van der Waals surface area contributed by atoms with E-state index in [1.54, 1.807) is 7.11 Å². The number of nitrogens with one attached hydrogen (secondary N) is 1. The molecule has 4 nitrogen and oxygen atoms in total. The van der Waals surface area contributed by atoms with E-state index in [-0.39, 0.29) is 12.3 Å². The molecule has 1 unspecified atom stereocenters. The largest absolute Gasteiger partial charge is 0.496 e. The number of carboxylic acid groups (broad SMARTS) is 1. The molecule has 0 aliphatic carbocycles. The second kappa shape index (κ2) is 7.14. The topological polar surface area (TPSA) is 58.6 Å². The molecule has 19 heavy (non-hydrogen) atoms. The van der Waals surface area contributed by atoms with E-state index in [2.05, 4.69) is 18.3 Å². The first-order chi connectivity index (χ1) is 8.93. The van der Waals surface area contributed by atoms with Gasteiger partial charge in [-0.05, 0) is 43.5 Å². The molecule has 2 N–H and O–H groups in total. The van der Waals surface area contributed by atoms with Crippen molar-refractivity contribution in [2.75, 3.05) is 13.7 Å². The minimum atomic E-state index is -0.751. The maximum atomic E-state index is 10.6. The van der Waals surface area contributed by atoms with Crippen molar-refractivity contribution in [3.8, 4) is 5.75 Å². The maximum absolute atomic E-state index is 10.6. The van der Waals surface area contributed by atoms with Crippen molar-refractivity contribution in [1.82, 2.24) is 5.32 Å². The lowest BCUT2D eigenvalue weighted by molar-refractivity contribution is -0.137. The molecule has 0 aliphatic rings. The van der Waals surface area contributed by atoms with Gasteiger partial charge in [0.1, 0.15) is 5.75 Å². The molecule has 0 bridgehead atoms. The van der Waals surface area contributed by atoms with E-state index in [1.165, 1.54) is 11.1 Å². The fraction of sp³-hybridized carbons (Fsp3) is 0.533. The van der Waals surface area contributed by atoms with Crippen molar-refractivity contribution < 1.29 is 14.6 Å². The first-order valence-corrected chi connectivity index (χ1v) is 6.50. The number of carbonyl (C=O) groups is 1. The van der Waals surface area contributed by atoms with Crippen molar-refractivity contribution >= 4 is 5.97 Å². The van der Waals surface area contributed by atoms with Crippen LogP contribution in [-0.4, -0.2) is 24.7 Å². The highest BCUT2D eigenvalue weighted by molar-refractivity contribution is 5.66. The average Bonchev–Trinajstić information content (AvgIpc) is 2.30. The molecule has 106 valence electrons. The zero-order valence-electron chi connectivity index (χ0n) is 12.1. The van der Waals surface area contributed by atoms with E-state index in [0.29, 0.717) is 13.1 Å². The van der Waals surface area contributed by atoms with Gasteiger partial charge in [0.25, 0.3) is 0 Å². The Kier molecular flexibility index (Phi) is 5.83. The minimum absolute atomic E-state index is 0.120. The second-order valence-corrected chi connectivity index (χ2v) is 5.10. The Morgan fingerprint density at radius 1 is 1.42 bits per heavy atom. The summed E-state index contributed by atoms with van der Waals surface area (Å²) in [5.41, 5.74) is 3.50. The highest BCUT2D eigenvalue weighted by Gasteiger charge is 2.10. The van der Waals surface area contributed by atoms with Crippen molar-refractivity contribution in [2.45, 2.75) is 33.7 Å². The lowest BCUT2D eigenvalue weighted by Crippen LogP contribution is -2.23. The number of methoxy groups -OCH3 is 1. The van der Waals surface area contributed by atoms with Crippen LogP contribution in [0.2, 0.25) is 0 Å². The van der Waals surface area contributed by atoms with Gasteiger partial charge in [-0.3, -0.25) is 4.79 Å². The van der Waals surface area contributed by atoms with Gasteiger partial charge in [0.15, 0.2) is 0 Å². The minimum Gasteiger partial charge on any atom is -0.496 e. The molecule has 0 saturated carbocycles. The standard InChI is InChI=1S/C15H23NO3/c1-10-5-12(3)13(14(6-10)19-4)9-16-8-11(2)7-15(17)18/h5-6,11,16H,7-9H2,1-4H3,(H,17,18). The molecule has 0 aliphatic heterocycles. The number of ether oxygens (including phenoxy) is 1. The molecular formula is C15H23NO3. The summed E-state index contributed by atoms with van der Waals surface area (Å²) in [5, 5.41) is 12.0. The molecule has 0 saturated heterocycles. The summed E-state index contributed by atoms with van der Waals surface area (Å²) in [7, 11) is 1.67. The number of rotatable bonds is 7. The lowest BCUT2D eigenvalue weighted by atomic mass is 10.0. The number of aryl methyl sites for hydroxylation is 2. The second-order valence-electron chi connectivity index (χ2n) is 5.10. The van der Waals surface area contributed by atoms with Gasteiger partial charge < -0.3 is 15.2 Å². The Morgan fingerprint density at radius 3 is 2.68 bits per heavy atom. The molecule has 4 heteroatoms. The predicted octanol–water partition coefficient (Wildman–Crippen LogP) is 2.51. The first-order valence-electron chi connectivity index (χ1n) is 6.50. The SMILES string of the molecule is COc1cc(C)cc(C)c1CNCC(C)CC(=O)O. The quantitative estimate of drug-likeness (QED) is 0.795. The van der Waals surface area contributed by atoms with E-state index in [4.69, 9.17) is 9.84 Å². The monoisotopic (exact) mass is 265 g/mol. The van der Waals surface area contributed by atoms with Crippen LogP contribution in [0.3, 0.4) is 0 Å². The molecule has 0 aromatic heterocycles. The van der Waals surface area contributed by atoms with E-state index < -0.39 is 5.97 Å². The molecule has 1 atom stereocenters. The molecule has 0 amide bonds. The van der Waals surface area contributed by atoms with Crippen molar-refractivity contribution in [2.24, 2.45) is 5.92 Å². The van der Waals surface area contributed by atoms with E-state index in [9.17, 15) is 4.79 Å². The van der Waals surface area contributed by atoms with Crippen molar-refractivity contribution in [1.29, 1.82) is 0 Å². The average molecular weight is 265 g/mol. The zero-order chi connectivity index (χ0) is 14.4. The molecule has 1 rings (SSSR count). The first kappa shape index (κ1) is 15.5. The Hall–Kier alpha value is -1.55. The molecule has 0 spiro atoms. The lowest BCUT2D eigenvalue weighted by Gasteiger charge is -2.15. The number of hydrogen-bond acceptors (Lipinski definition) is 3. The molecular weight excluding hydrogens is 242 g/mol. The molecule has 0 heterocycles. The van der Waals surface area contributed by atoms with Crippen LogP contribution in [0.5, 0.6) is 5.75 Å². The summed E-state index contributed by atoms with van der Waals surface area (Å²) in [6.07, 6.45) is 0.191.